The summed E-state index contributed by atoms with van der Waals surface area (Å²) in [6.07, 6.45) is 5.75. The molecule has 0 bridgehead atoms. The van der Waals surface area contributed by atoms with Crippen LogP contribution in [0.5, 0.6) is 0 Å². The third-order valence-corrected chi connectivity index (χ3v) is 2.31. The van der Waals surface area contributed by atoms with Crippen molar-refractivity contribution in [3.05, 3.63) is 48.3 Å². The molecular weight excluding hydrogens is 198 g/mol. The van der Waals surface area contributed by atoms with Gasteiger partial charge in [-0.25, -0.2) is 9.97 Å². The Kier molecular flexibility index (Phi) is 3.49. The Morgan fingerprint density at radius 3 is 2.38 bits per heavy atom. The molecule has 3 nitrogen and oxygen atoms in total. The van der Waals surface area contributed by atoms with E-state index in [9.17, 15) is 0 Å². The molecular formula is C13H15N3. The third-order valence-electron chi connectivity index (χ3n) is 2.31. The Balaban J connectivity index is 2.05. The molecule has 0 atom stereocenters. The number of rotatable bonds is 4. The fourth-order valence-corrected chi connectivity index (χ4v) is 1.54. The van der Waals surface area contributed by atoms with Crippen LogP contribution >= 0.6 is 0 Å². The molecule has 82 valence electrons. The summed E-state index contributed by atoms with van der Waals surface area (Å²) < 4.78 is 0. The minimum Gasteiger partial charge on any atom is -0.324 e. The van der Waals surface area contributed by atoms with Gasteiger partial charge in [-0.3, -0.25) is 0 Å². The predicted molar refractivity (Wildman–Crippen MR) is 65.8 cm³/mol. The van der Waals surface area contributed by atoms with Crippen molar-refractivity contribution in [3.63, 3.8) is 0 Å². The van der Waals surface area contributed by atoms with E-state index < -0.39 is 0 Å². The van der Waals surface area contributed by atoms with Gasteiger partial charge < -0.3 is 5.32 Å². The maximum Gasteiger partial charge on any atom is 0.227 e. The highest BCUT2D eigenvalue weighted by molar-refractivity contribution is 5.53. The molecule has 1 aromatic carbocycles. The highest BCUT2D eigenvalue weighted by atomic mass is 15.1. The first-order chi connectivity index (χ1) is 7.88. The second-order valence-electron chi connectivity index (χ2n) is 3.64. The number of nitrogens with one attached hydrogen (secondary N) is 1. The van der Waals surface area contributed by atoms with Crippen LogP contribution < -0.4 is 5.32 Å². The number of nitrogens with zero attached hydrogens (tertiary/aromatic N) is 2. The summed E-state index contributed by atoms with van der Waals surface area (Å²) in [5.74, 6) is 0.630. The number of aryl methyl sites for hydroxylation is 1. The Morgan fingerprint density at radius 2 is 1.75 bits per heavy atom. The predicted octanol–water partition coefficient (Wildman–Crippen LogP) is 3.17. The summed E-state index contributed by atoms with van der Waals surface area (Å²) in [5.41, 5.74) is 2.38. The molecule has 16 heavy (non-hydrogen) atoms. The lowest BCUT2D eigenvalue weighted by atomic mass is 10.1. The van der Waals surface area contributed by atoms with Gasteiger partial charge in [0.2, 0.25) is 5.95 Å². The van der Waals surface area contributed by atoms with E-state index in [1.807, 2.05) is 0 Å². The molecule has 1 heterocycles. The second-order valence-corrected chi connectivity index (χ2v) is 3.64. The average Bonchev–Trinajstić information content (AvgIpc) is 2.33. The maximum absolute atomic E-state index is 4.11. The first-order valence-corrected chi connectivity index (χ1v) is 5.51. The molecule has 0 saturated carbocycles. The van der Waals surface area contributed by atoms with Crippen molar-refractivity contribution in [3.8, 4) is 0 Å². The minimum atomic E-state index is 0.630. The number of aromatic nitrogens is 2. The summed E-state index contributed by atoms with van der Waals surface area (Å²) in [7, 11) is 0. The van der Waals surface area contributed by atoms with Gasteiger partial charge in [0.05, 0.1) is 0 Å². The molecule has 2 rings (SSSR count). The van der Waals surface area contributed by atoms with Crippen LogP contribution in [0, 0.1) is 0 Å². The lowest BCUT2D eigenvalue weighted by Gasteiger charge is -2.05. The van der Waals surface area contributed by atoms with Crippen LogP contribution in [0.3, 0.4) is 0 Å². The van der Waals surface area contributed by atoms with E-state index in [1.54, 1.807) is 18.5 Å². The van der Waals surface area contributed by atoms with Crippen LogP contribution in [0.15, 0.2) is 42.7 Å². The highest BCUT2D eigenvalue weighted by Crippen LogP contribution is 2.14. The summed E-state index contributed by atoms with van der Waals surface area (Å²) >= 11 is 0. The van der Waals surface area contributed by atoms with Crippen molar-refractivity contribution in [2.45, 2.75) is 19.8 Å². The Labute approximate surface area is 95.6 Å². The van der Waals surface area contributed by atoms with Crippen LogP contribution in [0.25, 0.3) is 0 Å². The summed E-state index contributed by atoms with van der Waals surface area (Å²) in [6.45, 7) is 2.18. The number of benzene rings is 1. The maximum atomic E-state index is 4.11. The number of hydrogen-bond acceptors (Lipinski definition) is 3. The quantitative estimate of drug-likeness (QED) is 0.847. The van der Waals surface area contributed by atoms with Crippen LogP contribution in [0.1, 0.15) is 18.9 Å². The molecule has 3 heteroatoms. The second kappa shape index (κ2) is 5.26. The van der Waals surface area contributed by atoms with Gasteiger partial charge in [0.15, 0.2) is 0 Å². The lowest BCUT2D eigenvalue weighted by molar-refractivity contribution is 0.922. The SMILES string of the molecule is CCCc1ccc(Nc2ncccn2)cc1. The fraction of sp³-hybridized carbons (Fsp3) is 0.231. The van der Waals surface area contributed by atoms with E-state index in [0.29, 0.717) is 5.95 Å². The summed E-state index contributed by atoms with van der Waals surface area (Å²) in [4.78, 5) is 8.22. The largest absolute Gasteiger partial charge is 0.324 e. The van der Waals surface area contributed by atoms with Crippen LogP contribution in [0.4, 0.5) is 11.6 Å². The molecule has 1 aromatic heterocycles. The van der Waals surface area contributed by atoms with Gasteiger partial charge >= 0.3 is 0 Å². The Morgan fingerprint density at radius 1 is 1.06 bits per heavy atom. The normalized spacial score (nSPS) is 10.1. The molecule has 0 aliphatic carbocycles. The Bertz CT molecular complexity index is 423. The standard InChI is InChI=1S/C13H15N3/c1-2-4-11-5-7-12(8-6-11)16-13-14-9-3-10-15-13/h3,5-10H,2,4H2,1H3,(H,14,15,16). The molecule has 0 amide bonds. The molecule has 0 unspecified atom stereocenters. The zero-order chi connectivity index (χ0) is 11.2. The molecule has 0 aliphatic rings. The molecule has 0 aliphatic heterocycles. The fourth-order valence-electron chi connectivity index (χ4n) is 1.54. The average molecular weight is 213 g/mol. The highest BCUT2D eigenvalue weighted by Gasteiger charge is 1.96. The first kappa shape index (κ1) is 10.6. The third kappa shape index (κ3) is 2.79. The van der Waals surface area contributed by atoms with Gasteiger partial charge in [0, 0.05) is 18.1 Å². The van der Waals surface area contributed by atoms with Crippen LogP contribution in [-0.4, -0.2) is 9.97 Å². The van der Waals surface area contributed by atoms with Crippen molar-refractivity contribution in [2.75, 3.05) is 5.32 Å². The molecule has 0 saturated heterocycles. The summed E-state index contributed by atoms with van der Waals surface area (Å²) in [5, 5.41) is 3.15. The van der Waals surface area contributed by atoms with Gasteiger partial charge in [-0.1, -0.05) is 25.5 Å². The Hall–Kier alpha value is -1.90. The zero-order valence-corrected chi connectivity index (χ0v) is 9.35. The first-order valence-electron chi connectivity index (χ1n) is 5.51. The smallest absolute Gasteiger partial charge is 0.227 e. The molecule has 0 radical (unpaired) electrons. The van der Waals surface area contributed by atoms with E-state index in [1.165, 1.54) is 12.0 Å². The van der Waals surface area contributed by atoms with Crippen molar-refractivity contribution in [1.29, 1.82) is 0 Å². The van der Waals surface area contributed by atoms with Crippen LogP contribution in [0.2, 0.25) is 0 Å². The van der Waals surface area contributed by atoms with E-state index in [0.717, 1.165) is 12.1 Å². The molecule has 0 fully saturated rings. The van der Waals surface area contributed by atoms with Gasteiger partial charge in [0.1, 0.15) is 0 Å². The van der Waals surface area contributed by atoms with E-state index in [4.69, 9.17) is 0 Å². The van der Waals surface area contributed by atoms with Crippen molar-refractivity contribution in [1.82, 2.24) is 9.97 Å². The van der Waals surface area contributed by atoms with Gasteiger partial charge in [0.25, 0.3) is 0 Å². The van der Waals surface area contributed by atoms with Crippen molar-refractivity contribution < 1.29 is 0 Å². The van der Waals surface area contributed by atoms with E-state index in [2.05, 4.69) is 46.5 Å². The van der Waals surface area contributed by atoms with Gasteiger partial charge in [-0.15, -0.1) is 0 Å². The summed E-state index contributed by atoms with van der Waals surface area (Å²) in [6, 6.07) is 10.2. The topological polar surface area (TPSA) is 37.8 Å². The van der Waals surface area contributed by atoms with Gasteiger partial charge in [-0.05, 0) is 30.2 Å². The number of hydrogen-bond donors (Lipinski definition) is 1. The van der Waals surface area contributed by atoms with E-state index in [-0.39, 0.29) is 0 Å². The molecule has 0 spiro atoms. The molecule has 2 aromatic rings. The zero-order valence-electron chi connectivity index (χ0n) is 9.35. The van der Waals surface area contributed by atoms with Crippen molar-refractivity contribution in [2.24, 2.45) is 0 Å². The van der Waals surface area contributed by atoms with Crippen molar-refractivity contribution >= 4 is 11.6 Å². The number of anilines is 2. The van der Waals surface area contributed by atoms with E-state index >= 15 is 0 Å². The van der Waals surface area contributed by atoms with Crippen LogP contribution in [-0.2, 0) is 6.42 Å². The monoisotopic (exact) mass is 213 g/mol. The minimum absolute atomic E-state index is 0.630. The lowest BCUT2D eigenvalue weighted by Crippen LogP contribution is -1.95. The van der Waals surface area contributed by atoms with Gasteiger partial charge in [-0.2, -0.15) is 0 Å². The molecule has 1 N–H and O–H groups in total.